The Balaban J connectivity index is 2.84. The van der Waals surface area contributed by atoms with Gasteiger partial charge in [0.15, 0.2) is 0 Å². The minimum Gasteiger partial charge on any atom is -0.506 e. The van der Waals surface area contributed by atoms with E-state index < -0.39 is 7.37 Å². The van der Waals surface area contributed by atoms with Crippen molar-refractivity contribution in [1.29, 1.82) is 0 Å². The zero-order valence-corrected chi connectivity index (χ0v) is 9.94. The zero-order valence-electron chi connectivity index (χ0n) is 8.29. The van der Waals surface area contributed by atoms with Gasteiger partial charge in [-0.1, -0.05) is 18.5 Å². The van der Waals surface area contributed by atoms with E-state index in [9.17, 15) is 9.67 Å². The van der Waals surface area contributed by atoms with Crippen LogP contribution in [0.5, 0.6) is 0 Å². The van der Waals surface area contributed by atoms with Crippen LogP contribution < -0.4 is 0 Å². The molecule has 0 aromatic heterocycles. The fourth-order valence-electron chi connectivity index (χ4n) is 1.24. The molecule has 0 saturated carbocycles. The van der Waals surface area contributed by atoms with Crippen LogP contribution in [0.4, 0.5) is 0 Å². The van der Waals surface area contributed by atoms with Crippen LogP contribution in [-0.4, -0.2) is 17.9 Å². The van der Waals surface area contributed by atoms with Crippen molar-refractivity contribution in [2.75, 3.05) is 12.8 Å². The van der Waals surface area contributed by atoms with Crippen LogP contribution >= 0.6 is 19.0 Å². The lowest BCUT2D eigenvalue weighted by molar-refractivity contribution is 0.318. The summed E-state index contributed by atoms with van der Waals surface area (Å²) in [6.45, 7) is 4.12. The summed E-state index contributed by atoms with van der Waals surface area (Å²) in [5.41, 5.74) is 0.714. The number of hydrogen-bond acceptors (Lipinski definition) is 3. The Morgan fingerprint density at radius 1 is 1.71 bits per heavy atom. The van der Waals surface area contributed by atoms with Crippen molar-refractivity contribution in [3.8, 4) is 0 Å². The van der Waals surface area contributed by atoms with E-state index in [1.807, 2.05) is 6.92 Å². The summed E-state index contributed by atoms with van der Waals surface area (Å²) in [6.07, 6.45) is 1.10. The first-order valence-corrected chi connectivity index (χ1v) is 6.75. The second kappa shape index (κ2) is 4.52. The first-order chi connectivity index (χ1) is 6.48. The van der Waals surface area contributed by atoms with Crippen LogP contribution in [0.15, 0.2) is 22.2 Å². The van der Waals surface area contributed by atoms with E-state index in [2.05, 4.69) is 0 Å². The van der Waals surface area contributed by atoms with Gasteiger partial charge in [-0.25, -0.2) is 0 Å². The average Bonchev–Trinajstić information content (AvgIpc) is 2.11. The summed E-state index contributed by atoms with van der Waals surface area (Å²) < 4.78 is 17.2. The van der Waals surface area contributed by atoms with Crippen molar-refractivity contribution in [2.45, 2.75) is 20.3 Å². The van der Waals surface area contributed by atoms with Gasteiger partial charge in [0.25, 0.3) is 0 Å². The minimum atomic E-state index is -2.83. The molecule has 0 unspecified atom stereocenters. The van der Waals surface area contributed by atoms with Crippen molar-refractivity contribution in [1.82, 2.24) is 0 Å². The molecule has 0 saturated heterocycles. The van der Waals surface area contributed by atoms with Crippen LogP contribution in [-0.2, 0) is 9.09 Å². The molecule has 0 aliphatic carbocycles. The highest BCUT2D eigenvalue weighted by molar-refractivity contribution is 7.62. The number of allylic oxidation sites excluding steroid dienone is 2. The third kappa shape index (κ3) is 2.63. The third-order valence-corrected chi connectivity index (χ3v) is 4.58. The first-order valence-electron chi connectivity index (χ1n) is 4.49. The monoisotopic (exact) mass is 236 g/mol. The van der Waals surface area contributed by atoms with Gasteiger partial charge in [-0.3, -0.25) is 4.57 Å². The van der Waals surface area contributed by atoms with Gasteiger partial charge in [-0.15, -0.1) is 0 Å². The van der Waals surface area contributed by atoms with Crippen LogP contribution in [0, 0.1) is 0 Å². The van der Waals surface area contributed by atoms with Gasteiger partial charge in [0.1, 0.15) is 5.76 Å². The van der Waals surface area contributed by atoms with E-state index in [0.717, 1.165) is 6.42 Å². The van der Waals surface area contributed by atoms with Crippen LogP contribution in [0.25, 0.3) is 0 Å². The lowest BCUT2D eigenvalue weighted by Gasteiger charge is -2.20. The first kappa shape index (κ1) is 11.8. The molecular formula is C9H14ClO3P. The fourth-order valence-corrected chi connectivity index (χ4v) is 3.60. The van der Waals surface area contributed by atoms with Crippen molar-refractivity contribution in [2.24, 2.45) is 0 Å². The van der Waals surface area contributed by atoms with E-state index in [4.69, 9.17) is 16.1 Å². The number of aliphatic hydroxyl groups is 1. The molecule has 1 aliphatic rings. The van der Waals surface area contributed by atoms with E-state index in [1.54, 1.807) is 6.92 Å². The van der Waals surface area contributed by atoms with Gasteiger partial charge in [0.2, 0.25) is 7.37 Å². The van der Waals surface area contributed by atoms with E-state index in [0.29, 0.717) is 18.3 Å². The van der Waals surface area contributed by atoms with Crippen LogP contribution in [0.2, 0.25) is 0 Å². The average molecular weight is 237 g/mol. The maximum Gasteiger partial charge on any atom is 0.232 e. The Kier molecular flexibility index (Phi) is 3.82. The number of rotatable bonds is 3. The van der Waals surface area contributed by atoms with Gasteiger partial charge in [0, 0.05) is 5.82 Å². The summed E-state index contributed by atoms with van der Waals surface area (Å²) in [6, 6.07) is 0. The van der Waals surface area contributed by atoms with Crippen molar-refractivity contribution in [3.63, 3.8) is 0 Å². The molecule has 0 aromatic rings. The van der Waals surface area contributed by atoms with E-state index >= 15 is 0 Å². The molecule has 5 heteroatoms. The van der Waals surface area contributed by atoms with Gasteiger partial charge in [0.05, 0.1) is 17.8 Å². The minimum absolute atomic E-state index is 0.130. The number of hydrogen-bond donors (Lipinski definition) is 1. The summed E-state index contributed by atoms with van der Waals surface area (Å²) in [4.78, 5) is 0. The Bertz CT molecular complexity index is 333. The van der Waals surface area contributed by atoms with Gasteiger partial charge >= 0.3 is 0 Å². The lowest BCUT2D eigenvalue weighted by Crippen LogP contribution is -2.03. The molecule has 3 nitrogen and oxygen atoms in total. The summed E-state index contributed by atoms with van der Waals surface area (Å²) >= 11 is 5.76. The molecule has 1 atom stereocenters. The Hall–Kier alpha value is -0.240. The molecule has 0 radical (unpaired) electrons. The smallest absolute Gasteiger partial charge is 0.232 e. The largest absolute Gasteiger partial charge is 0.506 e. The molecule has 1 N–H and O–H groups in total. The van der Waals surface area contributed by atoms with E-state index in [1.165, 1.54) is 5.82 Å². The molecular weight excluding hydrogens is 223 g/mol. The molecule has 80 valence electrons. The number of aliphatic hydroxyl groups excluding tert-OH is 1. The zero-order chi connectivity index (χ0) is 10.8. The standard InChI is InChI=1S/C9H14ClO3P/c1-3-4-13-14(12)5-7(2)9(10)8(11)6-14/h6,11H,3-5H2,1-2H3/t14-/m0/s1. The molecule has 0 bridgehead atoms. The SMILES string of the molecule is CCCO[P@]1(=O)C=C(O)C(Cl)=C(C)C1. The summed E-state index contributed by atoms with van der Waals surface area (Å²) in [5.74, 6) is 1.12. The third-order valence-electron chi connectivity index (χ3n) is 1.89. The predicted octanol–water partition coefficient (Wildman–Crippen LogP) is 3.62. The molecule has 0 spiro atoms. The number of halogens is 1. The van der Waals surface area contributed by atoms with Crippen LogP contribution in [0.1, 0.15) is 20.3 Å². The Morgan fingerprint density at radius 3 is 2.86 bits per heavy atom. The predicted molar refractivity (Wildman–Crippen MR) is 58.0 cm³/mol. The highest BCUT2D eigenvalue weighted by atomic mass is 35.5. The second-order valence-electron chi connectivity index (χ2n) is 3.33. The Labute approximate surface area is 88.9 Å². The summed E-state index contributed by atoms with van der Waals surface area (Å²) in [5, 5.41) is 9.69. The fraction of sp³-hybridized carbons (Fsp3) is 0.556. The molecule has 0 amide bonds. The van der Waals surface area contributed by atoms with Crippen LogP contribution in [0.3, 0.4) is 0 Å². The highest BCUT2D eigenvalue weighted by Gasteiger charge is 2.28. The van der Waals surface area contributed by atoms with Crippen molar-refractivity contribution in [3.05, 3.63) is 22.2 Å². The molecule has 0 fully saturated rings. The van der Waals surface area contributed by atoms with Gasteiger partial charge < -0.3 is 9.63 Å². The molecule has 1 aliphatic heterocycles. The summed E-state index contributed by atoms with van der Waals surface area (Å²) in [7, 11) is -2.83. The maximum atomic E-state index is 12.0. The Morgan fingerprint density at radius 2 is 2.36 bits per heavy atom. The van der Waals surface area contributed by atoms with Crippen molar-refractivity contribution < 1.29 is 14.2 Å². The second-order valence-corrected chi connectivity index (χ2v) is 5.99. The molecule has 14 heavy (non-hydrogen) atoms. The highest BCUT2D eigenvalue weighted by Crippen LogP contribution is 2.54. The van der Waals surface area contributed by atoms with E-state index in [-0.39, 0.29) is 10.8 Å². The normalized spacial score (nSPS) is 27.8. The van der Waals surface area contributed by atoms with Crippen molar-refractivity contribution >= 4 is 19.0 Å². The lowest BCUT2D eigenvalue weighted by atomic mass is 10.3. The maximum absolute atomic E-state index is 12.0. The topological polar surface area (TPSA) is 46.5 Å². The molecule has 0 aromatic carbocycles. The quantitative estimate of drug-likeness (QED) is 0.762. The molecule has 1 heterocycles. The van der Waals surface area contributed by atoms with Gasteiger partial charge in [-0.05, 0) is 18.9 Å². The van der Waals surface area contributed by atoms with Gasteiger partial charge in [-0.2, -0.15) is 0 Å². The molecule has 1 rings (SSSR count).